The highest BCUT2D eigenvalue weighted by molar-refractivity contribution is 6.08. The molecule has 0 fully saturated rings. The topological polar surface area (TPSA) is 73.8 Å². The van der Waals surface area contributed by atoms with Crippen LogP contribution < -0.4 is 0 Å². The summed E-state index contributed by atoms with van der Waals surface area (Å²) in [5, 5.41) is 17.5. The molecule has 0 aliphatic rings. The Hall–Kier alpha value is -4.13. The van der Waals surface area contributed by atoms with Gasteiger partial charge in [-0.1, -0.05) is 18.2 Å². The molecule has 6 nitrogen and oxygen atoms in total. The van der Waals surface area contributed by atoms with Crippen molar-refractivity contribution in [2.75, 3.05) is 0 Å². The number of aromatic nitrogens is 3. The van der Waals surface area contributed by atoms with Crippen molar-refractivity contribution in [2.45, 2.75) is 13.8 Å². The number of non-ortho nitro benzene ring substituents is 1. The van der Waals surface area contributed by atoms with Crippen LogP contribution in [0.25, 0.3) is 38.8 Å². The van der Waals surface area contributed by atoms with Crippen LogP contribution >= 0.6 is 0 Å². The summed E-state index contributed by atoms with van der Waals surface area (Å²) >= 11 is 0. The first-order chi connectivity index (χ1) is 14.9. The molecule has 0 N–H and O–H groups in total. The van der Waals surface area contributed by atoms with Crippen molar-refractivity contribution in [3.63, 3.8) is 0 Å². The van der Waals surface area contributed by atoms with Crippen LogP contribution in [0.15, 0.2) is 66.9 Å². The van der Waals surface area contributed by atoms with E-state index in [-0.39, 0.29) is 11.5 Å². The first-order valence-corrected chi connectivity index (χ1v) is 9.72. The molecule has 0 unspecified atom stereocenters. The Morgan fingerprint density at radius 1 is 0.968 bits per heavy atom. The highest BCUT2D eigenvalue weighted by Crippen LogP contribution is 2.35. The van der Waals surface area contributed by atoms with E-state index in [0.29, 0.717) is 27.8 Å². The number of halogens is 1. The van der Waals surface area contributed by atoms with Crippen molar-refractivity contribution in [3.05, 3.63) is 93.9 Å². The van der Waals surface area contributed by atoms with Gasteiger partial charge in [-0.15, -0.1) is 0 Å². The number of fused-ring (bicyclic) bond motifs is 3. The highest BCUT2D eigenvalue weighted by atomic mass is 19.1. The van der Waals surface area contributed by atoms with Crippen molar-refractivity contribution in [2.24, 2.45) is 0 Å². The van der Waals surface area contributed by atoms with Crippen molar-refractivity contribution >= 4 is 27.5 Å². The molecule has 0 saturated carbocycles. The van der Waals surface area contributed by atoms with Crippen LogP contribution in [0.1, 0.15) is 11.1 Å². The maximum atomic E-state index is 14.1. The Bertz CT molecular complexity index is 1510. The molecule has 3 aromatic carbocycles. The molecule has 31 heavy (non-hydrogen) atoms. The van der Waals surface area contributed by atoms with Crippen LogP contribution in [-0.2, 0) is 0 Å². The first kappa shape index (κ1) is 18.9. The number of nitro groups is 1. The summed E-state index contributed by atoms with van der Waals surface area (Å²) in [6.07, 6.45) is 1.72. The van der Waals surface area contributed by atoms with Gasteiger partial charge in [0.25, 0.3) is 5.69 Å². The molecular weight excluding hydrogens is 395 g/mol. The smallest absolute Gasteiger partial charge is 0.258 e. The summed E-state index contributed by atoms with van der Waals surface area (Å²) in [6, 6.07) is 16.7. The lowest BCUT2D eigenvalue weighted by atomic mass is 10.0. The van der Waals surface area contributed by atoms with Crippen LogP contribution in [0.3, 0.4) is 0 Å². The van der Waals surface area contributed by atoms with E-state index in [4.69, 9.17) is 5.10 Å². The number of hydrogen-bond acceptors (Lipinski definition) is 4. The van der Waals surface area contributed by atoms with Crippen molar-refractivity contribution in [1.29, 1.82) is 0 Å². The second-order valence-electron chi connectivity index (χ2n) is 7.52. The number of hydrogen-bond donors (Lipinski definition) is 0. The van der Waals surface area contributed by atoms with Gasteiger partial charge in [-0.25, -0.2) is 9.07 Å². The molecule has 7 heteroatoms. The van der Waals surface area contributed by atoms with E-state index < -0.39 is 4.92 Å². The average molecular weight is 412 g/mol. The van der Waals surface area contributed by atoms with Gasteiger partial charge < -0.3 is 0 Å². The van der Waals surface area contributed by atoms with Gasteiger partial charge in [-0.2, -0.15) is 5.10 Å². The molecule has 0 atom stereocenters. The van der Waals surface area contributed by atoms with E-state index >= 15 is 0 Å². The van der Waals surface area contributed by atoms with Crippen molar-refractivity contribution in [3.8, 4) is 16.9 Å². The third-order valence-corrected chi connectivity index (χ3v) is 5.53. The number of nitro benzene ring substituents is 1. The van der Waals surface area contributed by atoms with Gasteiger partial charge in [0.05, 0.1) is 21.6 Å². The zero-order valence-electron chi connectivity index (χ0n) is 16.8. The van der Waals surface area contributed by atoms with Gasteiger partial charge in [0.15, 0.2) is 0 Å². The minimum absolute atomic E-state index is 0.0431. The Labute approximate surface area is 176 Å². The van der Waals surface area contributed by atoms with Crippen LogP contribution in [0.4, 0.5) is 10.1 Å². The van der Waals surface area contributed by atoms with E-state index in [1.54, 1.807) is 29.1 Å². The largest absolute Gasteiger partial charge is 0.271 e. The summed E-state index contributed by atoms with van der Waals surface area (Å²) in [7, 11) is 0. The van der Waals surface area contributed by atoms with Crippen molar-refractivity contribution < 1.29 is 9.31 Å². The van der Waals surface area contributed by atoms with Crippen LogP contribution in [0.5, 0.6) is 0 Å². The minimum atomic E-state index is -0.446. The fourth-order valence-corrected chi connectivity index (χ4v) is 3.78. The lowest BCUT2D eigenvalue weighted by molar-refractivity contribution is -0.384. The quantitative estimate of drug-likeness (QED) is 0.273. The predicted molar refractivity (Wildman–Crippen MR) is 118 cm³/mol. The zero-order chi connectivity index (χ0) is 21.7. The Morgan fingerprint density at radius 2 is 1.81 bits per heavy atom. The van der Waals surface area contributed by atoms with E-state index in [2.05, 4.69) is 4.98 Å². The van der Waals surface area contributed by atoms with Gasteiger partial charge in [-0.3, -0.25) is 15.1 Å². The second kappa shape index (κ2) is 6.98. The molecule has 0 saturated heterocycles. The molecule has 0 bridgehead atoms. The van der Waals surface area contributed by atoms with Crippen LogP contribution in [0, 0.1) is 29.8 Å². The zero-order valence-corrected chi connectivity index (χ0v) is 16.8. The fourth-order valence-electron chi connectivity index (χ4n) is 3.78. The van der Waals surface area contributed by atoms with Gasteiger partial charge >= 0.3 is 0 Å². The number of benzene rings is 3. The van der Waals surface area contributed by atoms with Crippen LogP contribution in [0.2, 0.25) is 0 Å². The summed E-state index contributed by atoms with van der Waals surface area (Å²) < 4.78 is 15.8. The minimum Gasteiger partial charge on any atom is -0.258 e. The third-order valence-electron chi connectivity index (χ3n) is 5.53. The monoisotopic (exact) mass is 412 g/mol. The number of aryl methyl sites for hydroxylation is 2. The lowest BCUT2D eigenvalue weighted by Gasteiger charge is -2.06. The van der Waals surface area contributed by atoms with Gasteiger partial charge in [0, 0.05) is 34.7 Å². The second-order valence-corrected chi connectivity index (χ2v) is 7.52. The Balaban J connectivity index is 1.89. The predicted octanol–water partition coefficient (Wildman–Crippen LogP) is 5.90. The summed E-state index contributed by atoms with van der Waals surface area (Å²) in [5.74, 6) is -0.388. The molecule has 0 amide bonds. The fraction of sp³-hybridized carbons (Fsp3) is 0.0833. The van der Waals surface area contributed by atoms with Gasteiger partial charge in [-0.05, 0) is 55.3 Å². The molecule has 0 aliphatic carbocycles. The summed E-state index contributed by atoms with van der Waals surface area (Å²) in [5.41, 5.74) is 5.61. The number of nitrogens with zero attached hydrogens (tertiary/aromatic N) is 4. The van der Waals surface area contributed by atoms with E-state index in [1.165, 1.54) is 24.3 Å². The standard InChI is InChI=1S/C24H17FN4O2/c1-14-6-7-16(10-15(14)2)23-21-13-26-22-9-8-17(25)11-20(22)24(21)28(27-23)18-4-3-5-19(12-18)29(30)31/h3-13H,1-2H3. The summed E-state index contributed by atoms with van der Waals surface area (Å²) in [4.78, 5) is 15.4. The van der Waals surface area contributed by atoms with E-state index in [1.807, 2.05) is 32.0 Å². The molecule has 0 radical (unpaired) electrons. The average Bonchev–Trinajstić information content (AvgIpc) is 3.16. The molecule has 0 aliphatic heterocycles. The maximum absolute atomic E-state index is 14.1. The molecule has 2 heterocycles. The Kier molecular flexibility index (Phi) is 4.25. The van der Waals surface area contributed by atoms with Gasteiger partial charge in [0.1, 0.15) is 11.5 Å². The summed E-state index contributed by atoms with van der Waals surface area (Å²) in [6.45, 7) is 4.07. The Morgan fingerprint density at radius 3 is 2.58 bits per heavy atom. The highest BCUT2D eigenvalue weighted by Gasteiger charge is 2.19. The molecule has 152 valence electrons. The molecule has 5 rings (SSSR count). The van der Waals surface area contributed by atoms with Gasteiger partial charge in [0.2, 0.25) is 0 Å². The van der Waals surface area contributed by atoms with Crippen LogP contribution in [-0.4, -0.2) is 19.7 Å². The molecule has 0 spiro atoms. The maximum Gasteiger partial charge on any atom is 0.271 e. The molecule has 5 aromatic rings. The number of rotatable bonds is 3. The normalized spacial score (nSPS) is 11.3. The lowest BCUT2D eigenvalue weighted by Crippen LogP contribution is -1.99. The third kappa shape index (κ3) is 3.11. The van der Waals surface area contributed by atoms with E-state index in [0.717, 1.165) is 22.1 Å². The molecular formula is C24H17FN4O2. The van der Waals surface area contributed by atoms with Crippen molar-refractivity contribution in [1.82, 2.24) is 14.8 Å². The number of pyridine rings is 1. The molecule has 2 aromatic heterocycles. The first-order valence-electron chi connectivity index (χ1n) is 9.72. The SMILES string of the molecule is Cc1ccc(-c2nn(-c3cccc([N+](=O)[O-])c3)c3c2cnc2ccc(F)cc23)cc1C. The van der Waals surface area contributed by atoms with E-state index in [9.17, 15) is 14.5 Å².